The van der Waals surface area contributed by atoms with Crippen molar-refractivity contribution in [2.45, 2.75) is 31.2 Å². The average molecular weight is 292 g/mol. The molecule has 1 unspecified atom stereocenters. The van der Waals surface area contributed by atoms with Crippen molar-refractivity contribution in [2.75, 3.05) is 6.54 Å². The highest BCUT2D eigenvalue weighted by Crippen LogP contribution is 2.17. The van der Waals surface area contributed by atoms with Gasteiger partial charge in [0.15, 0.2) is 0 Å². The van der Waals surface area contributed by atoms with Crippen LogP contribution in [0.5, 0.6) is 0 Å². The number of rotatable bonds is 6. The van der Waals surface area contributed by atoms with E-state index in [1.54, 1.807) is 0 Å². The summed E-state index contributed by atoms with van der Waals surface area (Å²) in [6, 6.07) is 1.79. The van der Waals surface area contributed by atoms with E-state index in [9.17, 15) is 17.2 Å². The summed E-state index contributed by atoms with van der Waals surface area (Å²) in [6.45, 7) is 3.92. The molecule has 19 heavy (non-hydrogen) atoms. The molecule has 0 saturated heterocycles. The van der Waals surface area contributed by atoms with Crippen molar-refractivity contribution in [1.82, 2.24) is 4.72 Å². The number of hydrogen-bond donors (Lipinski definition) is 2. The van der Waals surface area contributed by atoms with E-state index in [0.29, 0.717) is 12.5 Å². The Morgan fingerprint density at radius 1 is 1.32 bits per heavy atom. The van der Waals surface area contributed by atoms with E-state index in [-0.39, 0.29) is 12.5 Å². The van der Waals surface area contributed by atoms with E-state index in [1.165, 1.54) is 0 Å². The topological polar surface area (TPSA) is 72.2 Å². The van der Waals surface area contributed by atoms with Crippen LogP contribution in [0.1, 0.15) is 20.3 Å². The molecule has 0 amide bonds. The third-order valence-electron chi connectivity index (χ3n) is 2.55. The number of halogens is 2. The summed E-state index contributed by atoms with van der Waals surface area (Å²) >= 11 is 0. The van der Waals surface area contributed by atoms with Gasteiger partial charge < -0.3 is 5.73 Å². The van der Waals surface area contributed by atoms with Gasteiger partial charge in [-0.05, 0) is 30.5 Å². The number of sulfonamides is 1. The zero-order chi connectivity index (χ0) is 14.6. The third-order valence-corrected chi connectivity index (χ3v) is 4.08. The van der Waals surface area contributed by atoms with Gasteiger partial charge >= 0.3 is 0 Å². The summed E-state index contributed by atoms with van der Waals surface area (Å²) in [4.78, 5) is -0.699. The summed E-state index contributed by atoms with van der Waals surface area (Å²) in [5, 5.41) is 0. The van der Waals surface area contributed by atoms with Gasteiger partial charge in [0.1, 0.15) is 16.5 Å². The first-order valence-corrected chi connectivity index (χ1v) is 7.42. The Hall–Kier alpha value is -1.05. The maximum atomic E-state index is 13.5. The Kier molecular flexibility index (Phi) is 5.39. The van der Waals surface area contributed by atoms with Crippen LogP contribution in [0.2, 0.25) is 0 Å². The molecule has 0 aliphatic carbocycles. The minimum Gasteiger partial charge on any atom is -0.329 e. The second-order valence-electron chi connectivity index (χ2n) is 4.76. The molecule has 0 aromatic heterocycles. The standard InChI is InChI=1S/C12H18F2N2O2S/c1-8(2)5-10(7-15)16-19(17,18)12-6-9(13)3-4-11(12)14/h3-4,6,8,10,16H,5,7,15H2,1-2H3. The molecule has 0 bridgehead atoms. The monoisotopic (exact) mass is 292 g/mol. The van der Waals surface area contributed by atoms with E-state index in [1.807, 2.05) is 13.8 Å². The van der Waals surface area contributed by atoms with Crippen LogP contribution >= 0.6 is 0 Å². The number of nitrogens with two attached hydrogens (primary N) is 1. The van der Waals surface area contributed by atoms with Crippen molar-refractivity contribution in [3.05, 3.63) is 29.8 Å². The predicted molar refractivity (Wildman–Crippen MR) is 69.0 cm³/mol. The molecule has 0 fully saturated rings. The fourth-order valence-electron chi connectivity index (χ4n) is 1.73. The molecule has 3 N–H and O–H groups in total. The molecule has 1 atom stereocenters. The van der Waals surface area contributed by atoms with E-state index in [2.05, 4.69) is 4.72 Å². The van der Waals surface area contributed by atoms with Crippen LogP contribution in [0.3, 0.4) is 0 Å². The average Bonchev–Trinajstić information content (AvgIpc) is 2.30. The molecule has 1 rings (SSSR count). The second kappa shape index (κ2) is 6.40. The highest BCUT2D eigenvalue weighted by molar-refractivity contribution is 7.89. The van der Waals surface area contributed by atoms with E-state index in [0.717, 1.165) is 12.1 Å². The number of benzene rings is 1. The molecule has 0 aliphatic heterocycles. The van der Waals surface area contributed by atoms with E-state index in [4.69, 9.17) is 5.73 Å². The van der Waals surface area contributed by atoms with Gasteiger partial charge in [-0.2, -0.15) is 0 Å². The fourth-order valence-corrected chi connectivity index (χ4v) is 3.08. The summed E-state index contributed by atoms with van der Waals surface area (Å²) < 4.78 is 52.8. The fraction of sp³-hybridized carbons (Fsp3) is 0.500. The van der Waals surface area contributed by atoms with Crippen molar-refractivity contribution in [3.63, 3.8) is 0 Å². The third kappa shape index (κ3) is 4.52. The molecule has 4 nitrogen and oxygen atoms in total. The molecule has 0 heterocycles. The minimum atomic E-state index is -4.12. The number of nitrogens with one attached hydrogen (secondary N) is 1. The van der Waals surface area contributed by atoms with Crippen molar-refractivity contribution >= 4 is 10.0 Å². The van der Waals surface area contributed by atoms with Crippen LogP contribution in [0.15, 0.2) is 23.1 Å². The van der Waals surface area contributed by atoms with Crippen LogP contribution in [-0.4, -0.2) is 21.0 Å². The van der Waals surface area contributed by atoms with Crippen molar-refractivity contribution in [3.8, 4) is 0 Å². The highest BCUT2D eigenvalue weighted by atomic mass is 32.2. The molecule has 1 aromatic rings. The Bertz CT molecular complexity index is 533. The molecule has 7 heteroatoms. The van der Waals surface area contributed by atoms with Crippen molar-refractivity contribution in [2.24, 2.45) is 11.7 Å². The Balaban J connectivity index is 3.00. The van der Waals surface area contributed by atoms with Crippen LogP contribution < -0.4 is 10.5 Å². The summed E-state index contributed by atoms with van der Waals surface area (Å²) in [5.41, 5.74) is 5.48. The van der Waals surface area contributed by atoms with Gasteiger partial charge in [0.2, 0.25) is 10.0 Å². The van der Waals surface area contributed by atoms with E-state index >= 15 is 0 Å². The predicted octanol–water partition coefficient (Wildman–Crippen LogP) is 1.62. The Morgan fingerprint density at radius 3 is 2.47 bits per heavy atom. The van der Waals surface area contributed by atoms with Crippen LogP contribution in [0.25, 0.3) is 0 Å². The minimum absolute atomic E-state index is 0.0916. The normalized spacial score (nSPS) is 13.8. The molecule has 0 saturated carbocycles. The molecule has 1 aromatic carbocycles. The maximum Gasteiger partial charge on any atom is 0.243 e. The largest absolute Gasteiger partial charge is 0.329 e. The lowest BCUT2D eigenvalue weighted by Gasteiger charge is -2.19. The summed E-state index contributed by atoms with van der Waals surface area (Å²) in [5.74, 6) is -1.57. The lowest BCUT2D eigenvalue weighted by atomic mass is 10.1. The van der Waals surface area contributed by atoms with Gasteiger partial charge in [0, 0.05) is 12.6 Å². The molecule has 0 aliphatic rings. The van der Waals surface area contributed by atoms with Crippen molar-refractivity contribution < 1.29 is 17.2 Å². The zero-order valence-electron chi connectivity index (χ0n) is 10.9. The molecule has 0 spiro atoms. The van der Waals surface area contributed by atoms with Crippen LogP contribution in [0, 0.1) is 17.6 Å². The Morgan fingerprint density at radius 2 is 1.95 bits per heavy atom. The second-order valence-corrected chi connectivity index (χ2v) is 6.44. The first-order valence-electron chi connectivity index (χ1n) is 5.93. The van der Waals surface area contributed by atoms with Crippen molar-refractivity contribution in [1.29, 1.82) is 0 Å². The zero-order valence-corrected chi connectivity index (χ0v) is 11.7. The summed E-state index contributed by atoms with van der Waals surface area (Å²) in [6.07, 6.45) is 0.521. The first-order chi connectivity index (χ1) is 8.76. The lowest BCUT2D eigenvalue weighted by Crippen LogP contribution is -2.41. The summed E-state index contributed by atoms with van der Waals surface area (Å²) in [7, 11) is -4.12. The van der Waals surface area contributed by atoms with Gasteiger partial charge in [-0.3, -0.25) is 0 Å². The van der Waals surface area contributed by atoms with Crippen LogP contribution in [0.4, 0.5) is 8.78 Å². The van der Waals surface area contributed by atoms with Gasteiger partial charge in [0.25, 0.3) is 0 Å². The van der Waals surface area contributed by atoms with E-state index < -0.39 is 32.6 Å². The SMILES string of the molecule is CC(C)CC(CN)NS(=O)(=O)c1cc(F)ccc1F. The maximum absolute atomic E-state index is 13.5. The quantitative estimate of drug-likeness (QED) is 0.837. The van der Waals surface area contributed by atoms with Gasteiger partial charge in [-0.25, -0.2) is 21.9 Å². The smallest absolute Gasteiger partial charge is 0.243 e. The number of hydrogen-bond acceptors (Lipinski definition) is 3. The molecule has 0 radical (unpaired) electrons. The van der Waals surface area contributed by atoms with Crippen LogP contribution in [-0.2, 0) is 10.0 Å². The molecular formula is C12H18F2N2O2S. The Labute approximate surface area is 112 Å². The highest BCUT2D eigenvalue weighted by Gasteiger charge is 2.23. The van der Waals surface area contributed by atoms with Gasteiger partial charge in [0.05, 0.1) is 0 Å². The molecular weight excluding hydrogens is 274 g/mol. The first kappa shape index (κ1) is 16.0. The van der Waals surface area contributed by atoms with Gasteiger partial charge in [-0.15, -0.1) is 0 Å². The van der Waals surface area contributed by atoms with Gasteiger partial charge in [-0.1, -0.05) is 13.8 Å². The lowest BCUT2D eigenvalue weighted by molar-refractivity contribution is 0.462. The molecule has 108 valence electrons.